The zero-order valence-electron chi connectivity index (χ0n) is 11.7. The second-order valence-corrected chi connectivity index (χ2v) is 5.57. The van der Waals surface area contributed by atoms with Gasteiger partial charge in [-0.3, -0.25) is 9.59 Å². The average molecular weight is 339 g/mol. The summed E-state index contributed by atoms with van der Waals surface area (Å²) in [5.41, 5.74) is -2.83. The molecular weight excluding hydrogens is 325 g/mol. The van der Waals surface area contributed by atoms with Crippen LogP contribution >= 0.6 is 11.6 Å². The Morgan fingerprint density at radius 2 is 1.82 bits per heavy atom. The summed E-state index contributed by atoms with van der Waals surface area (Å²) < 4.78 is 38.6. The summed E-state index contributed by atoms with van der Waals surface area (Å²) in [6, 6.07) is 2.75. The van der Waals surface area contributed by atoms with Gasteiger partial charge in [-0.2, -0.15) is 13.2 Å². The number of nitrogens with one attached hydrogen (secondary N) is 2. The van der Waals surface area contributed by atoms with E-state index in [4.69, 9.17) is 16.7 Å². The Kier molecular flexibility index (Phi) is 5.42. The summed E-state index contributed by atoms with van der Waals surface area (Å²) in [5.74, 6) is -2.45. The molecule has 0 fully saturated rings. The highest BCUT2D eigenvalue weighted by atomic mass is 35.5. The van der Waals surface area contributed by atoms with Gasteiger partial charge in [0, 0.05) is 5.02 Å². The lowest BCUT2D eigenvalue weighted by molar-refractivity contribution is -0.138. The van der Waals surface area contributed by atoms with Gasteiger partial charge >= 0.3 is 18.0 Å². The standard InChI is InChI=1S/C13H14ClF3N2O3/c1-12(2,6-20)19-11(22)10(21)18-9-4-3-7(14)5-8(9)13(15,16)17/h3-5,20H,6H2,1-2H3,(H,18,21)(H,19,22). The van der Waals surface area contributed by atoms with Crippen LogP contribution in [0.3, 0.4) is 0 Å². The number of halogens is 4. The monoisotopic (exact) mass is 338 g/mol. The highest BCUT2D eigenvalue weighted by molar-refractivity contribution is 6.40. The van der Waals surface area contributed by atoms with E-state index in [-0.39, 0.29) is 5.02 Å². The van der Waals surface area contributed by atoms with Crippen molar-refractivity contribution in [1.82, 2.24) is 5.32 Å². The lowest BCUT2D eigenvalue weighted by Gasteiger charge is -2.23. The summed E-state index contributed by atoms with van der Waals surface area (Å²) in [6.07, 6.45) is -4.74. The number of aliphatic hydroxyl groups excluding tert-OH is 1. The molecule has 0 radical (unpaired) electrons. The topological polar surface area (TPSA) is 78.4 Å². The van der Waals surface area contributed by atoms with E-state index < -0.39 is 41.4 Å². The predicted molar refractivity (Wildman–Crippen MR) is 74.4 cm³/mol. The fourth-order valence-electron chi connectivity index (χ4n) is 1.44. The van der Waals surface area contributed by atoms with Gasteiger partial charge in [-0.1, -0.05) is 11.6 Å². The van der Waals surface area contributed by atoms with Crippen molar-refractivity contribution >= 4 is 29.1 Å². The molecule has 0 spiro atoms. The summed E-state index contributed by atoms with van der Waals surface area (Å²) in [5, 5.41) is 12.9. The number of anilines is 1. The molecule has 0 saturated carbocycles. The Labute approximate surface area is 129 Å². The molecule has 0 heterocycles. The van der Waals surface area contributed by atoms with Gasteiger partial charge in [-0.15, -0.1) is 0 Å². The van der Waals surface area contributed by atoms with Crippen LogP contribution in [-0.4, -0.2) is 29.1 Å². The van der Waals surface area contributed by atoms with Crippen LogP contribution in [0.1, 0.15) is 19.4 Å². The fourth-order valence-corrected chi connectivity index (χ4v) is 1.61. The van der Waals surface area contributed by atoms with Crippen LogP contribution < -0.4 is 10.6 Å². The van der Waals surface area contributed by atoms with Gasteiger partial charge in [0.25, 0.3) is 0 Å². The van der Waals surface area contributed by atoms with Crippen molar-refractivity contribution in [2.75, 3.05) is 11.9 Å². The molecule has 1 aromatic carbocycles. The Hall–Kier alpha value is -1.80. The number of benzene rings is 1. The molecule has 0 bridgehead atoms. The van der Waals surface area contributed by atoms with Crippen LogP contribution in [0.15, 0.2) is 18.2 Å². The summed E-state index contributed by atoms with van der Waals surface area (Å²) in [4.78, 5) is 23.3. The van der Waals surface area contributed by atoms with Crippen LogP contribution in [0.2, 0.25) is 5.02 Å². The molecule has 2 amide bonds. The van der Waals surface area contributed by atoms with E-state index in [9.17, 15) is 22.8 Å². The van der Waals surface area contributed by atoms with Crippen molar-refractivity contribution in [3.63, 3.8) is 0 Å². The Morgan fingerprint density at radius 1 is 1.23 bits per heavy atom. The zero-order valence-corrected chi connectivity index (χ0v) is 12.5. The largest absolute Gasteiger partial charge is 0.418 e. The van der Waals surface area contributed by atoms with Crippen LogP contribution in [-0.2, 0) is 15.8 Å². The number of alkyl halides is 3. The van der Waals surface area contributed by atoms with Crippen molar-refractivity contribution < 1.29 is 27.9 Å². The van der Waals surface area contributed by atoms with E-state index in [2.05, 4.69) is 5.32 Å². The number of hydrogen-bond donors (Lipinski definition) is 3. The van der Waals surface area contributed by atoms with Crippen molar-refractivity contribution in [3.05, 3.63) is 28.8 Å². The zero-order chi connectivity index (χ0) is 17.1. The highest BCUT2D eigenvalue weighted by Crippen LogP contribution is 2.36. The van der Waals surface area contributed by atoms with E-state index >= 15 is 0 Å². The molecule has 0 aromatic heterocycles. The first-order valence-electron chi connectivity index (χ1n) is 6.07. The molecule has 0 aliphatic carbocycles. The van der Waals surface area contributed by atoms with Gasteiger partial charge in [0.05, 0.1) is 23.4 Å². The molecule has 122 valence electrons. The average Bonchev–Trinajstić information content (AvgIpc) is 2.39. The normalized spacial score (nSPS) is 12.0. The van der Waals surface area contributed by atoms with E-state index in [0.717, 1.165) is 12.1 Å². The van der Waals surface area contributed by atoms with Gasteiger partial charge in [0.1, 0.15) is 0 Å². The molecule has 0 unspecified atom stereocenters. The van der Waals surface area contributed by atoms with Crippen molar-refractivity contribution in [2.24, 2.45) is 0 Å². The third kappa shape index (κ3) is 4.88. The molecule has 0 saturated heterocycles. The Balaban J connectivity index is 2.96. The third-order valence-corrected chi connectivity index (χ3v) is 2.82. The van der Waals surface area contributed by atoms with E-state index in [1.165, 1.54) is 13.8 Å². The molecule has 3 N–H and O–H groups in total. The molecule has 9 heteroatoms. The van der Waals surface area contributed by atoms with Crippen molar-refractivity contribution in [2.45, 2.75) is 25.6 Å². The first-order valence-corrected chi connectivity index (χ1v) is 6.45. The number of hydrogen-bond acceptors (Lipinski definition) is 3. The Morgan fingerprint density at radius 3 is 2.32 bits per heavy atom. The lowest BCUT2D eigenvalue weighted by Crippen LogP contribution is -2.50. The first-order chi connectivity index (χ1) is 9.96. The maximum atomic E-state index is 12.9. The van der Waals surface area contributed by atoms with Crippen LogP contribution in [0.5, 0.6) is 0 Å². The molecule has 0 aliphatic rings. The van der Waals surface area contributed by atoms with Gasteiger partial charge in [0.2, 0.25) is 0 Å². The number of aliphatic hydroxyl groups is 1. The first kappa shape index (κ1) is 18.2. The van der Waals surface area contributed by atoms with Gasteiger partial charge in [0.15, 0.2) is 0 Å². The second kappa shape index (κ2) is 6.53. The lowest BCUT2D eigenvalue weighted by atomic mass is 10.1. The van der Waals surface area contributed by atoms with Crippen LogP contribution in [0.25, 0.3) is 0 Å². The molecule has 1 aromatic rings. The van der Waals surface area contributed by atoms with Crippen molar-refractivity contribution in [1.29, 1.82) is 0 Å². The minimum Gasteiger partial charge on any atom is -0.394 e. The van der Waals surface area contributed by atoms with Crippen LogP contribution in [0.4, 0.5) is 18.9 Å². The highest BCUT2D eigenvalue weighted by Gasteiger charge is 2.35. The molecular formula is C13H14ClF3N2O3. The minimum absolute atomic E-state index is 0.156. The number of amides is 2. The fraction of sp³-hybridized carbons (Fsp3) is 0.385. The number of carbonyl (C=O) groups excluding carboxylic acids is 2. The molecule has 22 heavy (non-hydrogen) atoms. The Bertz CT molecular complexity index is 588. The van der Waals surface area contributed by atoms with Gasteiger partial charge < -0.3 is 15.7 Å². The van der Waals surface area contributed by atoms with Gasteiger partial charge in [-0.25, -0.2) is 0 Å². The summed E-state index contributed by atoms with van der Waals surface area (Å²) >= 11 is 5.51. The minimum atomic E-state index is -4.74. The summed E-state index contributed by atoms with van der Waals surface area (Å²) in [7, 11) is 0. The second-order valence-electron chi connectivity index (χ2n) is 5.14. The number of rotatable bonds is 3. The third-order valence-electron chi connectivity index (χ3n) is 2.59. The molecule has 0 atom stereocenters. The predicted octanol–water partition coefficient (Wildman–Crippen LogP) is 2.18. The van der Waals surface area contributed by atoms with E-state index in [0.29, 0.717) is 6.07 Å². The molecule has 0 aliphatic heterocycles. The molecule has 5 nitrogen and oxygen atoms in total. The van der Waals surface area contributed by atoms with Gasteiger partial charge in [-0.05, 0) is 32.0 Å². The van der Waals surface area contributed by atoms with Crippen molar-refractivity contribution in [3.8, 4) is 0 Å². The number of carbonyl (C=O) groups is 2. The quantitative estimate of drug-likeness (QED) is 0.739. The molecule has 1 rings (SSSR count). The maximum Gasteiger partial charge on any atom is 0.418 e. The van der Waals surface area contributed by atoms with E-state index in [1.807, 2.05) is 5.32 Å². The van der Waals surface area contributed by atoms with Crippen LogP contribution in [0, 0.1) is 0 Å². The SMILES string of the molecule is CC(C)(CO)NC(=O)C(=O)Nc1ccc(Cl)cc1C(F)(F)F. The maximum absolute atomic E-state index is 12.9. The smallest absolute Gasteiger partial charge is 0.394 e. The van der Waals surface area contributed by atoms with E-state index in [1.54, 1.807) is 0 Å². The summed E-state index contributed by atoms with van der Waals surface area (Å²) in [6.45, 7) is 2.45.